The minimum Gasteiger partial charge on any atom is -0.494 e. The Labute approximate surface area is 118 Å². The van der Waals surface area contributed by atoms with Crippen molar-refractivity contribution in [1.29, 1.82) is 0 Å². The summed E-state index contributed by atoms with van der Waals surface area (Å²) in [5.41, 5.74) is 6.87. The number of carbonyl (C=O) groups is 1. The van der Waals surface area contributed by atoms with Gasteiger partial charge in [0, 0.05) is 37.8 Å². The number of nitrogen functional groups attached to an aromatic ring is 1. The van der Waals surface area contributed by atoms with Crippen LogP contribution in [-0.4, -0.2) is 48.8 Å². The summed E-state index contributed by atoms with van der Waals surface area (Å²) in [4.78, 5) is 14.0. The quantitative estimate of drug-likeness (QED) is 0.690. The molecule has 1 heterocycles. The highest BCUT2D eigenvalue weighted by molar-refractivity contribution is 5.92. The van der Waals surface area contributed by atoms with Crippen LogP contribution in [-0.2, 0) is 4.79 Å². The predicted molar refractivity (Wildman–Crippen MR) is 77.7 cm³/mol. The SMILES string of the molecule is COc1cc(N)ccc1NC(=O)CCN1CCC(O)C1. The van der Waals surface area contributed by atoms with Gasteiger partial charge < -0.3 is 25.8 Å². The standard InChI is InChI=1S/C14H21N3O3/c1-20-13-8-10(15)2-3-12(13)16-14(19)5-7-17-6-4-11(18)9-17/h2-3,8,11,18H,4-7,9,15H2,1H3,(H,16,19). The molecule has 0 aromatic heterocycles. The molecule has 1 aromatic rings. The van der Waals surface area contributed by atoms with Crippen LogP contribution in [0.5, 0.6) is 5.75 Å². The van der Waals surface area contributed by atoms with Crippen molar-refractivity contribution in [2.24, 2.45) is 0 Å². The Morgan fingerprint density at radius 3 is 3.05 bits per heavy atom. The molecule has 0 saturated carbocycles. The van der Waals surface area contributed by atoms with Gasteiger partial charge in [-0.2, -0.15) is 0 Å². The number of nitrogens with one attached hydrogen (secondary N) is 1. The second kappa shape index (κ2) is 6.58. The maximum atomic E-state index is 11.9. The number of aliphatic hydroxyl groups excluding tert-OH is 1. The van der Waals surface area contributed by atoms with E-state index in [4.69, 9.17) is 10.5 Å². The molecule has 4 N–H and O–H groups in total. The van der Waals surface area contributed by atoms with Crippen LogP contribution in [0.4, 0.5) is 11.4 Å². The summed E-state index contributed by atoms with van der Waals surface area (Å²) in [6.07, 6.45) is 0.920. The van der Waals surface area contributed by atoms with Gasteiger partial charge in [-0.3, -0.25) is 4.79 Å². The summed E-state index contributed by atoms with van der Waals surface area (Å²) in [5.74, 6) is 0.476. The van der Waals surface area contributed by atoms with Crippen LogP contribution in [0.2, 0.25) is 0 Å². The summed E-state index contributed by atoms with van der Waals surface area (Å²) in [7, 11) is 1.54. The minimum atomic E-state index is -0.254. The smallest absolute Gasteiger partial charge is 0.225 e. The van der Waals surface area contributed by atoms with E-state index in [1.165, 1.54) is 7.11 Å². The van der Waals surface area contributed by atoms with Crippen LogP contribution in [0.25, 0.3) is 0 Å². The van der Waals surface area contributed by atoms with Crippen molar-refractivity contribution < 1.29 is 14.6 Å². The first-order valence-corrected chi connectivity index (χ1v) is 6.72. The van der Waals surface area contributed by atoms with Gasteiger partial charge in [0.15, 0.2) is 0 Å². The largest absolute Gasteiger partial charge is 0.494 e. The Hall–Kier alpha value is -1.79. The fourth-order valence-electron chi connectivity index (χ4n) is 2.30. The predicted octanol–water partition coefficient (Wildman–Crippen LogP) is 0.673. The zero-order valence-corrected chi connectivity index (χ0v) is 11.6. The number of hydrogen-bond donors (Lipinski definition) is 3. The molecule has 1 atom stereocenters. The molecule has 6 heteroatoms. The number of ether oxygens (including phenoxy) is 1. The van der Waals surface area contributed by atoms with Gasteiger partial charge in [0.05, 0.1) is 18.9 Å². The number of carbonyl (C=O) groups excluding carboxylic acids is 1. The average molecular weight is 279 g/mol. The number of aliphatic hydroxyl groups is 1. The monoisotopic (exact) mass is 279 g/mol. The molecule has 1 unspecified atom stereocenters. The van der Waals surface area contributed by atoms with Gasteiger partial charge in [0.25, 0.3) is 0 Å². The van der Waals surface area contributed by atoms with Crippen LogP contribution in [0.3, 0.4) is 0 Å². The Bertz CT molecular complexity index is 479. The number of methoxy groups -OCH3 is 1. The van der Waals surface area contributed by atoms with Crippen LogP contribution < -0.4 is 15.8 Å². The highest BCUT2D eigenvalue weighted by Crippen LogP contribution is 2.26. The van der Waals surface area contributed by atoms with Gasteiger partial charge in [0.1, 0.15) is 5.75 Å². The van der Waals surface area contributed by atoms with Crippen molar-refractivity contribution in [2.75, 3.05) is 37.8 Å². The van der Waals surface area contributed by atoms with E-state index in [0.717, 1.165) is 13.0 Å². The lowest BCUT2D eigenvalue weighted by Gasteiger charge is -2.15. The average Bonchev–Trinajstić information content (AvgIpc) is 2.84. The third kappa shape index (κ3) is 3.85. The molecule has 1 aliphatic heterocycles. The lowest BCUT2D eigenvalue weighted by molar-refractivity contribution is -0.116. The summed E-state index contributed by atoms with van der Waals surface area (Å²) < 4.78 is 5.18. The van der Waals surface area contributed by atoms with Gasteiger partial charge in [-0.15, -0.1) is 0 Å². The Balaban J connectivity index is 1.85. The van der Waals surface area contributed by atoms with Crippen molar-refractivity contribution in [3.05, 3.63) is 18.2 Å². The molecule has 110 valence electrons. The molecule has 20 heavy (non-hydrogen) atoms. The number of nitrogens with zero attached hydrogens (tertiary/aromatic N) is 1. The van der Waals surface area contributed by atoms with Crippen molar-refractivity contribution in [3.8, 4) is 5.75 Å². The van der Waals surface area contributed by atoms with Gasteiger partial charge >= 0.3 is 0 Å². The van der Waals surface area contributed by atoms with Crippen LogP contribution in [0.1, 0.15) is 12.8 Å². The van der Waals surface area contributed by atoms with Crippen molar-refractivity contribution in [2.45, 2.75) is 18.9 Å². The molecule has 1 saturated heterocycles. The van der Waals surface area contributed by atoms with E-state index in [2.05, 4.69) is 10.2 Å². The summed E-state index contributed by atoms with van der Waals surface area (Å²) in [6, 6.07) is 5.12. The molecule has 0 radical (unpaired) electrons. The molecule has 0 bridgehead atoms. The topological polar surface area (TPSA) is 87.8 Å². The summed E-state index contributed by atoms with van der Waals surface area (Å²) >= 11 is 0. The molecule has 1 amide bonds. The zero-order chi connectivity index (χ0) is 14.5. The molecule has 1 aromatic carbocycles. The van der Waals surface area contributed by atoms with Gasteiger partial charge in [-0.25, -0.2) is 0 Å². The number of anilines is 2. The Kier molecular flexibility index (Phi) is 4.81. The first-order valence-electron chi connectivity index (χ1n) is 6.72. The number of likely N-dealkylation sites (tertiary alicyclic amines) is 1. The Morgan fingerprint density at radius 2 is 2.40 bits per heavy atom. The third-order valence-electron chi connectivity index (χ3n) is 3.40. The maximum Gasteiger partial charge on any atom is 0.225 e. The lowest BCUT2D eigenvalue weighted by atomic mass is 10.2. The molecule has 0 aliphatic carbocycles. The second-order valence-electron chi connectivity index (χ2n) is 5.00. The van der Waals surface area contributed by atoms with Crippen molar-refractivity contribution >= 4 is 17.3 Å². The minimum absolute atomic E-state index is 0.0746. The highest BCUT2D eigenvalue weighted by Gasteiger charge is 2.20. The van der Waals surface area contributed by atoms with Crippen molar-refractivity contribution in [1.82, 2.24) is 4.90 Å². The first kappa shape index (κ1) is 14.6. The van der Waals surface area contributed by atoms with Gasteiger partial charge in [-0.05, 0) is 18.6 Å². The van der Waals surface area contributed by atoms with E-state index >= 15 is 0 Å². The number of benzene rings is 1. The number of β-amino-alcohol motifs (C(OH)–C–C–N with tert-alkyl or cyclic N) is 1. The molecule has 6 nitrogen and oxygen atoms in total. The van der Waals surface area contributed by atoms with E-state index in [0.29, 0.717) is 36.6 Å². The van der Waals surface area contributed by atoms with Gasteiger partial charge in [0.2, 0.25) is 5.91 Å². The number of amides is 1. The molecule has 1 fully saturated rings. The molecular weight excluding hydrogens is 258 g/mol. The number of nitrogens with two attached hydrogens (primary N) is 1. The summed E-state index contributed by atoms with van der Waals surface area (Å²) in [6.45, 7) is 2.15. The van der Waals surface area contributed by atoms with Gasteiger partial charge in [-0.1, -0.05) is 0 Å². The Morgan fingerprint density at radius 1 is 1.60 bits per heavy atom. The molecular formula is C14H21N3O3. The normalized spacial score (nSPS) is 19.0. The highest BCUT2D eigenvalue weighted by atomic mass is 16.5. The van der Waals surface area contributed by atoms with Crippen molar-refractivity contribution in [3.63, 3.8) is 0 Å². The van der Waals surface area contributed by atoms with E-state index in [1.54, 1.807) is 18.2 Å². The van der Waals surface area contributed by atoms with E-state index < -0.39 is 0 Å². The molecule has 1 aliphatic rings. The van der Waals surface area contributed by atoms with Crippen LogP contribution >= 0.6 is 0 Å². The van der Waals surface area contributed by atoms with E-state index in [-0.39, 0.29) is 12.0 Å². The summed E-state index contributed by atoms with van der Waals surface area (Å²) in [5, 5.41) is 12.2. The fourth-order valence-corrected chi connectivity index (χ4v) is 2.30. The zero-order valence-electron chi connectivity index (χ0n) is 11.6. The molecule has 0 spiro atoms. The van der Waals surface area contributed by atoms with Crippen LogP contribution in [0, 0.1) is 0 Å². The van der Waals surface area contributed by atoms with Crippen LogP contribution in [0.15, 0.2) is 18.2 Å². The fraction of sp³-hybridized carbons (Fsp3) is 0.500. The maximum absolute atomic E-state index is 11.9. The lowest BCUT2D eigenvalue weighted by Crippen LogP contribution is -2.26. The molecule has 2 rings (SSSR count). The van der Waals surface area contributed by atoms with E-state index in [9.17, 15) is 9.90 Å². The number of hydrogen-bond acceptors (Lipinski definition) is 5. The number of rotatable bonds is 5. The third-order valence-corrected chi connectivity index (χ3v) is 3.40. The van der Waals surface area contributed by atoms with E-state index in [1.807, 2.05) is 0 Å². The first-order chi connectivity index (χ1) is 9.58. The second-order valence-corrected chi connectivity index (χ2v) is 5.00.